The summed E-state index contributed by atoms with van der Waals surface area (Å²) >= 11 is 0. The number of benzene rings is 3. The van der Waals surface area contributed by atoms with Crippen LogP contribution in [0, 0.1) is 0 Å². The molecule has 10 nitrogen and oxygen atoms in total. The van der Waals surface area contributed by atoms with Crippen LogP contribution in [0.3, 0.4) is 0 Å². The Kier molecular flexibility index (Phi) is 5.69. The molecule has 0 spiro atoms. The van der Waals surface area contributed by atoms with Crippen molar-refractivity contribution in [2.45, 2.75) is 4.90 Å². The number of nitrogens with two attached hydrogens (primary N) is 1. The van der Waals surface area contributed by atoms with Gasteiger partial charge in [-0.05, 0) is 60.7 Å². The lowest BCUT2D eigenvalue weighted by molar-refractivity contribution is 0.262. The maximum atomic E-state index is 12.6. The number of H-pyrrole nitrogens is 1. The fourth-order valence-electron chi connectivity index (χ4n) is 3.58. The fourth-order valence-corrected chi connectivity index (χ4v) is 4.14. The predicted molar refractivity (Wildman–Crippen MR) is 133 cm³/mol. The smallest absolute Gasteiger partial charge is 0.308 e. The van der Waals surface area contributed by atoms with E-state index in [0.29, 0.717) is 33.8 Å². The first-order valence-electron chi connectivity index (χ1n) is 10.4. The van der Waals surface area contributed by atoms with Gasteiger partial charge in [0.05, 0.1) is 10.4 Å². The summed E-state index contributed by atoms with van der Waals surface area (Å²) in [5.74, 6) is 0.599. The largest absolute Gasteiger partial charge is 0.323 e. The minimum Gasteiger partial charge on any atom is -0.308 e. The number of carbonyl (C=O) groups excluding carboxylic acids is 1. The highest BCUT2D eigenvalue weighted by Gasteiger charge is 2.14. The second-order valence-corrected chi connectivity index (χ2v) is 9.20. The molecular weight excluding hydrogens is 466 g/mol. The predicted octanol–water partition coefficient (Wildman–Crippen LogP) is 3.98. The van der Waals surface area contributed by atoms with Gasteiger partial charge in [-0.15, -0.1) is 0 Å². The van der Waals surface area contributed by atoms with Gasteiger partial charge in [-0.3, -0.25) is 5.10 Å². The summed E-state index contributed by atoms with van der Waals surface area (Å²) in [4.78, 5) is 21.0. The molecule has 35 heavy (non-hydrogen) atoms. The number of anilines is 2. The molecule has 0 aliphatic heterocycles. The van der Waals surface area contributed by atoms with E-state index in [4.69, 9.17) is 5.14 Å². The molecule has 0 saturated heterocycles. The van der Waals surface area contributed by atoms with Gasteiger partial charge in [0.15, 0.2) is 5.82 Å². The Morgan fingerprint density at radius 2 is 1.54 bits per heavy atom. The van der Waals surface area contributed by atoms with E-state index in [1.807, 2.05) is 12.1 Å². The van der Waals surface area contributed by atoms with Crippen molar-refractivity contribution in [2.24, 2.45) is 5.14 Å². The second-order valence-electron chi connectivity index (χ2n) is 7.63. The Morgan fingerprint density at radius 3 is 2.29 bits per heavy atom. The highest BCUT2D eigenvalue weighted by molar-refractivity contribution is 7.89. The molecular formula is C24H19N7O3S. The monoisotopic (exact) mass is 485 g/mol. The van der Waals surface area contributed by atoms with Crippen molar-refractivity contribution in [3.63, 3.8) is 0 Å². The summed E-state index contributed by atoms with van der Waals surface area (Å²) in [5.41, 5.74) is 3.81. The number of aromatic amines is 1. The summed E-state index contributed by atoms with van der Waals surface area (Å²) in [5, 5.41) is 18.8. The molecule has 0 bridgehead atoms. The van der Waals surface area contributed by atoms with Gasteiger partial charge in [-0.1, -0.05) is 12.1 Å². The maximum absolute atomic E-state index is 12.6. The third-order valence-corrected chi connectivity index (χ3v) is 6.13. The Labute approximate surface area is 200 Å². The number of hydrogen-bond acceptors (Lipinski definition) is 6. The number of rotatable bonds is 5. The van der Waals surface area contributed by atoms with Gasteiger partial charge < -0.3 is 10.6 Å². The molecule has 174 valence electrons. The van der Waals surface area contributed by atoms with Crippen molar-refractivity contribution in [3.8, 4) is 22.6 Å². The number of amides is 2. The fraction of sp³-hybridized carbons (Fsp3) is 0. The van der Waals surface area contributed by atoms with Gasteiger partial charge in [0.2, 0.25) is 10.0 Å². The number of sulfonamides is 1. The third kappa shape index (κ3) is 4.86. The van der Waals surface area contributed by atoms with Crippen LogP contribution in [0.5, 0.6) is 0 Å². The number of primary sulfonamides is 1. The zero-order valence-corrected chi connectivity index (χ0v) is 19.0. The van der Waals surface area contributed by atoms with Gasteiger partial charge in [0.1, 0.15) is 5.69 Å². The molecule has 0 fully saturated rings. The molecule has 0 aliphatic carbocycles. The van der Waals surface area contributed by atoms with Crippen LogP contribution in [-0.2, 0) is 10.0 Å². The molecule has 3 aromatic carbocycles. The molecule has 11 heteroatoms. The molecule has 0 aliphatic rings. The average Bonchev–Trinajstić information content (AvgIpc) is 3.28. The van der Waals surface area contributed by atoms with Crippen molar-refractivity contribution >= 4 is 38.3 Å². The molecule has 2 aromatic heterocycles. The SMILES string of the molecule is NS(=O)(=O)c1cccc(-c2n[nH]c3ccc(NC(=O)Nc4ccc(-c5ncccn5)cc4)cc23)c1. The molecule has 0 unspecified atom stereocenters. The van der Waals surface area contributed by atoms with Gasteiger partial charge in [0.25, 0.3) is 0 Å². The lowest BCUT2D eigenvalue weighted by Crippen LogP contribution is -2.19. The Morgan fingerprint density at radius 1 is 0.829 bits per heavy atom. The Bertz CT molecular complexity index is 1630. The van der Waals surface area contributed by atoms with Crippen LogP contribution in [0.2, 0.25) is 0 Å². The second kappa shape index (κ2) is 8.97. The molecule has 0 radical (unpaired) electrons. The number of nitrogens with one attached hydrogen (secondary N) is 3. The quantitative estimate of drug-likeness (QED) is 0.295. The summed E-state index contributed by atoms with van der Waals surface area (Å²) < 4.78 is 23.4. The number of fused-ring (bicyclic) bond motifs is 1. The molecule has 5 N–H and O–H groups in total. The number of carbonyl (C=O) groups is 1. The zero-order chi connectivity index (χ0) is 24.4. The van der Waals surface area contributed by atoms with Crippen LogP contribution in [0.1, 0.15) is 0 Å². The third-order valence-electron chi connectivity index (χ3n) is 5.22. The van der Waals surface area contributed by atoms with Crippen molar-refractivity contribution in [1.29, 1.82) is 0 Å². The first kappa shape index (κ1) is 22.2. The summed E-state index contributed by atoms with van der Waals surface area (Å²) in [6.07, 6.45) is 3.34. The van der Waals surface area contributed by atoms with Crippen LogP contribution in [0.25, 0.3) is 33.5 Å². The molecule has 0 saturated carbocycles. The van der Waals surface area contributed by atoms with E-state index in [2.05, 4.69) is 30.8 Å². The van der Waals surface area contributed by atoms with Crippen LogP contribution in [0.15, 0.2) is 90.1 Å². The highest BCUT2D eigenvalue weighted by Crippen LogP contribution is 2.29. The van der Waals surface area contributed by atoms with Gasteiger partial charge in [0, 0.05) is 40.3 Å². The van der Waals surface area contributed by atoms with Gasteiger partial charge in [-0.25, -0.2) is 28.3 Å². The lowest BCUT2D eigenvalue weighted by Gasteiger charge is -2.09. The van der Waals surface area contributed by atoms with E-state index < -0.39 is 16.1 Å². The number of aromatic nitrogens is 4. The van der Waals surface area contributed by atoms with E-state index in [1.165, 1.54) is 12.1 Å². The van der Waals surface area contributed by atoms with E-state index in [1.54, 1.807) is 60.9 Å². The normalized spacial score (nSPS) is 11.3. The van der Waals surface area contributed by atoms with Crippen molar-refractivity contribution in [1.82, 2.24) is 20.2 Å². The maximum Gasteiger partial charge on any atom is 0.323 e. The van der Waals surface area contributed by atoms with Crippen LogP contribution >= 0.6 is 0 Å². The first-order valence-corrected chi connectivity index (χ1v) is 12.0. The summed E-state index contributed by atoms with van der Waals surface area (Å²) in [7, 11) is -3.85. The first-order chi connectivity index (χ1) is 16.9. The molecule has 2 heterocycles. The minimum absolute atomic E-state index is 0.00958. The van der Waals surface area contributed by atoms with Crippen LogP contribution in [-0.4, -0.2) is 34.6 Å². The standard InChI is InChI=1S/C24H19N7O3S/c25-35(33,34)19-4-1-3-16(13-19)22-20-14-18(9-10-21(20)30-31-22)29-24(32)28-17-7-5-15(6-8-17)23-26-11-2-12-27-23/h1-14H,(H,30,31)(H2,25,33,34)(H2,28,29,32). The topological polar surface area (TPSA) is 156 Å². The molecule has 5 rings (SSSR count). The van der Waals surface area contributed by atoms with Crippen molar-refractivity contribution in [3.05, 3.63) is 85.2 Å². The van der Waals surface area contributed by atoms with Crippen LogP contribution in [0.4, 0.5) is 16.2 Å². The summed E-state index contributed by atoms with van der Waals surface area (Å²) in [6.45, 7) is 0. The average molecular weight is 486 g/mol. The van der Waals surface area contributed by atoms with Crippen molar-refractivity contribution in [2.75, 3.05) is 10.6 Å². The number of hydrogen-bond donors (Lipinski definition) is 4. The van der Waals surface area contributed by atoms with Crippen molar-refractivity contribution < 1.29 is 13.2 Å². The lowest BCUT2D eigenvalue weighted by atomic mass is 10.1. The Balaban J connectivity index is 1.34. The molecule has 0 atom stereocenters. The van der Waals surface area contributed by atoms with Gasteiger partial charge >= 0.3 is 6.03 Å². The number of nitrogens with zero attached hydrogens (tertiary/aromatic N) is 3. The minimum atomic E-state index is -3.85. The van der Waals surface area contributed by atoms with E-state index in [-0.39, 0.29) is 4.90 Å². The molecule has 5 aromatic rings. The van der Waals surface area contributed by atoms with E-state index >= 15 is 0 Å². The zero-order valence-electron chi connectivity index (χ0n) is 18.1. The highest BCUT2D eigenvalue weighted by atomic mass is 32.2. The Hall–Kier alpha value is -4.61. The summed E-state index contributed by atoms with van der Waals surface area (Å²) in [6, 6.07) is 20.0. The van der Waals surface area contributed by atoms with E-state index in [0.717, 1.165) is 11.1 Å². The van der Waals surface area contributed by atoms with Crippen LogP contribution < -0.4 is 15.8 Å². The number of urea groups is 1. The molecule has 2 amide bonds. The van der Waals surface area contributed by atoms with Gasteiger partial charge in [-0.2, -0.15) is 5.10 Å². The van der Waals surface area contributed by atoms with E-state index in [9.17, 15) is 13.2 Å².